The van der Waals surface area contributed by atoms with Crippen molar-refractivity contribution in [3.05, 3.63) is 41.5 Å². The fourth-order valence-corrected chi connectivity index (χ4v) is 1.35. The molecule has 0 aromatic heterocycles. The summed E-state index contributed by atoms with van der Waals surface area (Å²) >= 11 is 0. The molecule has 0 saturated carbocycles. The standard InChI is InChI=1S/C12H14F3NO/c1-8(2)7-11(16)9-3-5-10(6-4-9)17-12(13,14)15/h3-7,11H,16H2,1-2H3. The van der Waals surface area contributed by atoms with Gasteiger partial charge in [0.1, 0.15) is 5.75 Å². The molecule has 1 unspecified atom stereocenters. The number of ether oxygens (including phenoxy) is 1. The molecule has 0 aliphatic rings. The summed E-state index contributed by atoms with van der Waals surface area (Å²) < 4.78 is 39.5. The molecule has 17 heavy (non-hydrogen) atoms. The molecule has 1 aromatic carbocycles. The summed E-state index contributed by atoms with van der Waals surface area (Å²) in [6, 6.07) is 5.22. The van der Waals surface area contributed by atoms with Crippen molar-refractivity contribution in [1.29, 1.82) is 0 Å². The number of halogens is 3. The first-order valence-corrected chi connectivity index (χ1v) is 5.04. The smallest absolute Gasteiger partial charge is 0.406 e. The van der Waals surface area contributed by atoms with E-state index in [1.54, 1.807) is 0 Å². The van der Waals surface area contributed by atoms with Crippen molar-refractivity contribution < 1.29 is 17.9 Å². The van der Waals surface area contributed by atoms with Crippen LogP contribution in [0.5, 0.6) is 5.75 Å². The maximum atomic E-state index is 11.9. The highest BCUT2D eigenvalue weighted by Crippen LogP contribution is 2.24. The van der Waals surface area contributed by atoms with Gasteiger partial charge in [-0.05, 0) is 31.5 Å². The average molecular weight is 245 g/mol. The van der Waals surface area contributed by atoms with E-state index >= 15 is 0 Å². The average Bonchev–Trinajstić information content (AvgIpc) is 2.15. The number of hydrogen-bond donors (Lipinski definition) is 1. The Balaban J connectivity index is 2.78. The predicted molar refractivity (Wildman–Crippen MR) is 59.5 cm³/mol. The Hall–Kier alpha value is -1.49. The van der Waals surface area contributed by atoms with Crippen LogP contribution in [-0.2, 0) is 0 Å². The molecule has 1 atom stereocenters. The SMILES string of the molecule is CC(C)=CC(N)c1ccc(OC(F)(F)F)cc1. The minimum absolute atomic E-state index is 0.245. The van der Waals surface area contributed by atoms with E-state index in [0.717, 1.165) is 11.1 Å². The third-order valence-corrected chi connectivity index (χ3v) is 2.01. The lowest BCUT2D eigenvalue weighted by Gasteiger charge is -2.11. The molecule has 0 aliphatic carbocycles. The summed E-state index contributed by atoms with van der Waals surface area (Å²) in [7, 11) is 0. The van der Waals surface area contributed by atoms with E-state index in [1.807, 2.05) is 19.9 Å². The lowest BCUT2D eigenvalue weighted by atomic mass is 10.1. The number of benzene rings is 1. The minimum Gasteiger partial charge on any atom is -0.406 e. The van der Waals surface area contributed by atoms with Crippen molar-refractivity contribution in [2.75, 3.05) is 0 Å². The second-order valence-corrected chi connectivity index (χ2v) is 3.89. The molecule has 1 rings (SSSR count). The molecule has 1 aromatic rings. The minimum atomic E-state index is -4.66. The Kier molecular flexibility index (Phi) is 4.17. The van der Waals surface area contributed by atoms with Gasteiger partial charge in [-0.25, -0.2) is 0 Å². The van der Waals surface area contributed by atoms with Gasteiger partial charge in [0.2, 0.25) is 0 Å². The van der Waals surface area contributed by atoms with Gasteiger partial charge in [0, 0.05) is 6.04 Å². The second kappa shape index (κ2) is 5.23. The molecule has 0 aliphatic heterocycles. The Labute approximate surface area is 97.9 Å². The summed E-state index contributed by atoms with van der Waals surface area (Å²) in [5, 5.41) is 0. The molecule has 0 heterocycles. The molecule has 0 saturated heterocycles. The number of alkyl halides is 3. The zero-order valence-corrected chi connectivity index (χ0v) is 9.58. The van der Waals surface area contributed by atoms with E-state index in [9.17, 15) is 13.2 Å². The summed E-state index contributed by atoms with van der Waals surface area (Å²) in [6.07, 6.45) is -2.83. The lowest BCUT2D eigenvalue weighted by molar-refractivity contribution is -0.274. The third kappa shape index (κ3) is 4.91. The second-order valence-electron chi connectivity index (χ2n) is 3.89. The predicted octanol–water partition coefficient (Wildman–Crippen LogP) is 3.55. The summed E-state index contributed by atoms with van der Waals surface area (Å²) in [6.45, 7) is 3.81. The van der Waals surface area contributed by atoms with Crippen LogP contribution in [0.2, 0.25) is 0 Å². The van der Waals surface area contributed by atoms with Gasteiger partial charge in [0.15, 0.2) is 0 Å². The molecule has 94 valence electrons. The van der Waals surface area contributed by atoms with Crippen molar-refractivity contribution in [3.8, 4) is 5.75 Å². The molecular weight excluding hydrogens is 231 g/mol. The highest BCUT2D eigenvalue weighted by Gasteiger charge is 2.30. The maximum Gasteiger partial charge on any atom is 0.573 e. The molecule has 0 radical (unpaired) electrons. The van der Waals surface area contributed by atoms with Gasteiger partial charge in [0.05, 0.1) is 0 Å². The molecule has 2 nitrogen and oxygen atoms in total. The summed E-state index contributed by atoms with van der Waals surface area (Å²) in [4.78, 5) is 0. The quantitative estimate of drug-likeness (QED) is 0.826. The van der Waals surface area contributed by atoms with Crippen LogP contribution in [0.3, 0.4) is 0 Å². The third-order valence-electron chi connectivity index (χ3n) is 2.01. The molecule has 0 spiro atoms. The Morgan fingerprint density at radius 3 is 2.18 bits per heavy atom. The van der Waals surface area contributed by atoms with E-state index in [2.05, 4.69) is 4.74 Å². The molecule has 0 bridgehead atoms. The fraction of sp³-hybridized carbons (Fsp3) is 0.333. The van der Waals surface area contributed by atoms with Crippen LogP contribution >= 0.6 is 0 Å². The molecule has 0 amide bonds. The van der Waals surface area contributed by atoms with Gasteiger partial charge in [-0.3, -0.25) is 0 Å². The van der Waals surface area contributed by atoms with Crippen molar-refractivity contribution in [2.24, 2.45) is 5.73 Å². The number of rotatable bonds is 3. The van der Waals surface area contributed by atoms with Crippen LogP contribution in [0.25, 0.3) is 0 Å². The van der Waals surface area contributed by atoms with Crippen molar-refractivity contribution >= 4 is 0 Å². The highest BCUT2D eigenvalue weighted by atomic mass is 19.4. The molecule has 2 N–H and O–H groups in total. The van der Waals surface area contributed by atoms with Gasteiger partial charge in [0.25, 0.3) is 0 Å². The van der Waals surface area contributed by atoms with Crippen LogP contribution in [-0.4, -0.2) is 6.36 Å². The van der Waals surface area contributed by atoms with Crippen LogP contribution in [0.4, 0.5) is 13.2 Å². The van der Waals surface area contributed by atoms with Gasteiger partial charge < -0.3 is 10.5 Å². The van der Waals surface area contributed by atoms with E-state index in [0.29, 0.717) is 0 Å². The van der Waals surface area contributed by atoms with Crippen molar-refractivity contribution in [3.63, 3.8) is 0 Å². The van der Waals surface area contributed by atoms with E-state index in [-0.39, 0.29) is 11.8 Å². The summed E-state index contributed by atoms with van der Waals surface area (Å²) in [5.74, 6) is -0.245. The number of hydrogen-bond acceptors (Lipinski definition) is 2. The summed E-state index contributed by atoms with van der Waals surface area (Å²) in [5.41, 5.74) is 7.62. The fourth-order valence-electron chi connectivity index (χ4n) is 1.35. The lowest BCUT2D eigenvalue weighted by Crippen LogP contribution is -2.17. The van der Waals surface area contributed by atoms with Crippen molar-refractivity contribution in [1.82, 2.24) is 0 Å². The Bertz CT molecular complexity index is 391. The Morgan fingerprint density at radius 1 is 1.24 bits per heavy atom. The highest BCUT2D eigenvalue weighted by molar-refractivity contribution is 5.31. The molecular formula is C12H14F3NO. The van der Waals surface area contributed by atoms with Gasteiger partial charge in [-0.15, -0.1) is 13.2 Å². The number of nitrogens with two attached hydrogens (primary N) is 1. The van der Waals surface area contributed by atoms with Gasteiger partial charge >= 0.3 is 6.36 Å². The van der Waals surface area contributed by atoms with E-state index in [1.165, 1.54) is 24.3 Å². The zero-order chi connectivity index (χ0) is 13.1. The van der Waals surface area contributed by atoms with Crippen LogP contribution in [0.15, 0.2) is 35.9 Å². The van der Waals surface area contributed by atoms with Crippen LogP contribution < -0.4 is 10.5 Å². The van der Waals surface area contributed by atoms with Gasteiger partial charge in [-0.1, -0.05) is 23.8 Å². The topological polar surface area (TPSA) is 35.2 Å². The van der Waals surface area contributed by atoms with E-state index < -0.39 is 6.36 Å². The van der Waals surface area contributed by atoms with Crippen LogP contribution in [0.1, 0.15) is 25.5 Å². The zero-order valence-electron chi connectivity index (χ0n) is 9.58. The largest absolute Gasteiger partial charge is 0.573 e. The maximum absolute atomic E-state index is 11.9. The van der Waals surface area contributed by atoms with Crippen molar-refractivity contribution in [2.45, 2.75) is 26.3 Å². The monoisotopic (exact) mass is 245 g/mol. The first-order chi connectivity index (χ1) is 7.78. The first-order valence-electron chi connectivity index (χ1n) is 5.04. The normalized spacial score (nSPS) is 13.1. The molecule has 5 heteroatoms. The van der Waals surface area contributed by atoms with E-state index in [4.69, 9.17) is 5.73 Å². The van der Waals surface area contributed by atoms with Crippen LogP contribution in [0, 0.1) is 0 Å². The first kappa shape index (κ1) is 13.6. The Morgan fingerprint density at radius 2 is 1.76 bits per heavy atom. The number of allylic oxidation sites excluding steroid dienone is 1. The molecule has 0 fully saturated rings. The van der Waals surface area contributed by atoms with Gasteiger partial charge in [-0.2, -0.15) is 0 Å².